The number of hydrogen-bond acceptors (Lipinski definition) is 5. The third-order valence-corrected chi connectivity index (χ3v) is 7.36. The van der Waals surface area contributed by atoms with Crippen molar-refractivity contribution in [1.29, 1.82) is 0 Å². The van der Waals surface area contributed by atoms with Gasteiger partial charge in [-0.15, -0.1) is 0 Å². The van der Waals surface area contributed by atoms with E-state index in [-0.39, 0.29) is 22.8 Å². The number of aryl methyl sites for hydroxylation is 1. The molecule has 10 heteroatoms. The molecule has 0 spiro atoms. The van der Waals surface area contributed by atoms with Gasteiger partial charge in [0, 0.05) is 6.54 Å². The van der Waals surface area contributed by atoms with Crippen molar-refractivity contribution in [2.24, 2.45) is 5.14 Å². The zero-order valence-corrected chi connectivity index (χ0v) is 19.6. The van der Waals surface area contributed by atoms with E-state index >= 15 is 0 Å². The minimum absolute atomic E-state index is 0.0367. The molecule has 33 heavy (non-hydrogen) atoms. The molecule has 3 aromatic rings. The van der Waals surface area contributed by atoms with Crippen LogP contribution in [0.1, 0.15) is 16.7 Å². The Hall–Kier alpha value is -3.05. The first-order valence-corrected chi connectivity index (χ1v) is 13.1. The smallest absolute Gasteiger partial charge is 0.241 e. The fourth-order valence-electron chi connectivity index (χ4n) is 3.12. The van der Waals surface area contributed by atoms with E-state index in [1.807, 2.05) is 37.3 Å². The first-order valence-electron chi connectivity index (χ1n) is 10.1. The number of nitrogens with one attached hydrogen (secondary N) is 2. The SMILES string of the molecule is Cc1ccc(S(=O)(=O)NC(Cc2ccccc2)C(=O)NCc2ccc(S(N)(=O)=O)cc2)cc1. The highest BCUT2D eigenvalue weighted by Crippen LogP contribution is 2.13. The van der Waals surface area contributed by atoms with Crippen LogP contribution in [0, 0.1) is 6.92 Å². The number of hydrogen-bond donors (Lipinski definition) is 3. The second-order valence-corrected chi connectivity index (χ2v) is 10.9. The molecule has 0 aliphatic rings. The number of benzene rings is 3. The Balaban J connectivity index is 1.77. The number of nitrogens with two attached hydrogens (primary N) is 1. The summed E-state index contributed by atoms with van der Waals surface area (Å²) in [7, 11) is -7.75. The number of primary sulfonamides is 1. The molecule has 1 amide bonds. The quantitative estimate of drug-likeness (QED) is 0.423. The van der Waals surface area contributed by atoms with Gasteiger partial charge in [0.2, 0.25) is 26.0 Å². The lowest BCUT2D eigenvalue weighted by Crippen LogP contribution is -2.47. The summed E-state index contributed by atoms with van der Waals surface area (Å²) < 4.78 is 51.1. The third kappa shape index (κ3) is 6.96. The van der Waals surface area contributed by atoms with Gasteiger partial charge in [0.05, 0.1) is 9.79 Å². The van der Waals surface area contributed by atoms with Crippen LogP contribution in [-0.2, 0) is 37.8 Å². The number of carbonyl (C=O) groups is 1. The van der Waals surface area contributed by atoms with Gasteiger partial charge in [-0.2, -0.15) is 4.72 Å². The highest BCUT2D eigenvalue weighted by molar-refractivity contribution is 7.89. The van der Waals surface area contributed by atoms with Gasteiger partial charge in [0.15, 0.2) is 0 Å². The number of sulfonamides is 2. The second-order valence-electron chi connectivity index (χ2n) is 7.58. The highest BCUT2D eigenvalue weighted by atomic mass is 32.2. The van der Waals surface area contributed by atoms with Gasteiger partial charge < -0.3 is 5.32 Å². The predicted molar refractivity (Wildman–Crippen MR) is 125 cm³/mol. The van der Waals surface area contributed by atoms with E-state index in [9.17, 15) is 21.6 Å². The van der Waals surface area contributed by atoms with Crippen LogP contribution >= 0.6 is 0 Å². The lowest BCUT2D eigenvalue weighted by molar-refractivity contribution is -0.122. The van der Waals surface area contributed by atoms with Crippen molar-refractivity contribution >= 4 is 26.0 Å². The average molecular weight is 488 g/mol. The Morgan fingerprint density at radius 3 is 1.97 bits per heavy atom. The minimum Gasteiger partial charge on any atom is -0.351 e. The van der Waals surface area contributed by atoms with Gasteiger partial charge >= 0.3 is 0 Å². The van der Waals surface area contributed by atoms with Crippen LogP contribution in [0.15, 0.2) is 88.7 Å². The molecule has 0 aliphatic carbocycles. The van der Waals surface area contributed by atoms with E-state index in [0.29, 0.717) is 5.56 Å². The Morgan fingerprint density at radius 1 is 0.818 bits per heavy atom. The van der Waals surface area contributed by atoms with Crippen LogP contribution in [0.25, 0.3) is 0 Å². The molecule has 4 N–H and O–H groups in total. The van der Waals surface area contributed by atoms with E-state index in [2.05, 4.69) is 10.0 Å². The summed E-state index contributed by atoms with van der Waals surface area (Å²) in [6, 6.07) is 20.1. The van der Waals surface area contributed by atoms with Crippen molar-refractivity contribution in [3.8, 4) is 0 Å². The van der Waals surface area contributed by atoms with Crippen LogP contribution in [0.5, 0.6) is 0 Å². The summed E-state index contributed by atoms with van der Waals surface area (Å²) in [5.74, 6) is -0.509. The maximum absolute atomic E-state index is 13.0. The van der Waals surface area contributed by atoms with Gasteiger partial charge in [-0.05, 0) is 48.7 Å². The van der Waals surface area contributed by atoms with Crippen molar-refractivity contribution < 1.29 is 21.6 Å². The lowest BCUT2D eigenvalue weighted by Gasteiger charge is -2.19. The van der Waals surface area contributed by atoms with E-state index < -0.39 is 32.0 Å². The molecule has 0 saturated heterocycles. The minimum atomic E-state index is -3.94. The molecule has 3 aromatic carbocycles. The van der Waals surface area contributed by atoms with Gasteiger partial charge in [0.25, 0.3) is 0 Å². The van der Waals surface area contributed by atoms with Crippen LogP contribution in [0.4, 0.5) is 0 Å². The van der Waals surface area contributed by atoms with Gasteiger partial charge in [0.1, 0.15) is 6.04 Å². The summed E-state index contributed by atoms with van der Waals surface area (Å²) in [5, 5.41) is 7.81. The van der Waals surface area contributed by atoms with Crippen molar-refractivity contribution in [2.45, 2.75) is 35.7 Å². The van der Waals surface area contributed by atoms with E-state index in [1.54, 1.807) is 12.1 Å². The number of amides is 1. The fourth-order valence-corrected chi connectivity index (χ4v) is 4.83. The Labute approximate surface area is 193 Å². The lowest BCUT2D eigenvalue weighted by atomic mass is 10.1. The first kappa shape index (κ1) is 24.6. The molecule has 0 bridgehead atoms. The molecule has 1 unspecified atom stereocenters. The molecule has 8 nitrogen and oxygen atoms in total. The monoisotopic (exact) mass is 487 g/mol. The highest BCUT2D eigenvalue weighted by Gasteiger charge is 2.26. The van der Waals surface area contributed by atoms with Crippen LogP contribution in [0.3, 0.4) is 0 Å². The summed E-state index contributed by atoms with van der Waals surface area (Å²) in [4.78, 5) is 13.0. The zero-order valence-electron chi connectivity index (χ0n) is 17.9. The molecule has 3 rings (SSSR count). The molecule has 0 fully saturated rings. The predicted octanol–water partition coefficient (Wildman–Crippen LogP) is 1.85. The van der Waals surface area contributed by atoms with Crippen molar-refractivity contribution in [2.75, 3.05) is 0 Å². The van der Waals surface area contributed by atoms with Crippen LogP contribution < -0.4 is 15.2 Å². The first-order chi connectivity index (χ1) is 15.5. The fraction of sp³-hybridized carbons (Fsp3) is 0.174. The van der Waals surface area contributed by atoms with Crippen molar-refractivity contribution in [3.05, 3.63) is 95.6 Å². The number of rotatable bonds is 9. The number of carbonyl (C=O) groups excluding carboxylic acids is 1. The molecule has 1 atom stereocenters. The van der Waals surface area contributed by atoms with Crippen molar-refractivity contribution in [1.82, 2.24) is 10.0 Å². The van der Waals surface area contributed by atoms with Gasteiger partial charge in [-0.1, -0.05) is 60.2 Å². The molecule has 0 aromatic heterocycles. The molecule has 0 saturated carbocycles. The van der Waals surface area contributed by atoms with E-state index in [1.165, 1.54) is 36.4 Å². The van der Waals surface area contributed by atoms with Gasteiger partial charge in [-0.3, -0.25) is 4.79 Å². The summed E-state index contributed by atoms with van der Waals surface area (Å²) in [5.41, 5.74) is 2.35. The molecule has 0 heterocycles. The molecule has 174 valence electrons. The second kappa shape index (κ2) is 10.3. The van der Waals surface area contributed by atoms with Crippen LogP contribution in [-0.4, -0.2) is 28.8 Å². The standard InChI is InChI=1S/C23H25N3O5S2/c1-17-7-11-21(12-8-17)33(30,31)26-22(15-18-5-3-2-4-6-18)23(27)25-16-19-9-13-20(14-10-19)32(24,28)29/h2-14,22,26H,15-16H2,1H3,(H,25,27)(H2,24,28,29). The summed E-state index contributed by atoms with van der Waals surface area (Å²) in [6.45, 7) is 1.94. The average Bonchev–Trinajstić information content (AvgIpc) is 2.77. The molecule has 0 radical (unpaired) electrons. The molecular formula is C23H25N3O5S2. The molecule has 0 aliphatic heterocycles. The topological polar surface area (TPSA) is 135 Å². The molecular weight excluding hydrogens is 462 g/mol. The Morgan fingerprint density at radius 2 is 1.39 bits per heavy atom. The van der Waals surface area contributed by atoms with Gasteiger partial charge in [-0.25, -0.2) is 22.0 Å². The van der Waals surface area contributed by atoms with Crippen LogP contribution in [0.2, 0.25) is 0 Å². The Kier molecular flexibility index (Phi) is 7.65. The zero-order chi connectivity index (χ0) is 24.1. The van der Waals surface area contributed by atoms with Crippen molar-refractivity contribution in [3.63, 3.8) is 0 Å². The maximum Gasteiger partial charge on any atom is 0.241 e. The van der Waals surface area contributed by atoms with E-state index in [0.717, 1.165) is 11.1 Å². The summed E-state index contributed by atoms with van der Waals surface area (Å²) in [6.07, 6.45) is 0.155. The van der Waals surface area contributed by atoms with E-state index in [4.69, 9.17) is 5.14 Å². The summed E-state index contributed by atoms with van der Waals surface area (Å²) >= 11 is 0. The Bertz CT molecular complexity index is 1310. The maximum atomic E-state index is 13.0. The normalized spacial score (nSPS) is 12.8. The third-order valence-electron chi connectivity index (χ3n) is 4.95. The largest absolute Gasteiger partial charge is 0.351 e.